The maximum atomic E-state index is 14.6. The minimum atomic E-state index is -0.372. The smallest absolute Gasteiger partial charge is 0.129 e. The minimum Gasteiger partial charge on any atom is -0.207 e. The third-order valence-corrected chi connectivity index (χ3v) is 5.96. The Hall–Kier alpha value is -1.70. The van der Waals surface area contributed by atoms with Gasteiger partial charge in [-0.2, -0.15) is 0 Å². The predicted octanol–water partition coefficient (Wildman–Crippen LogP) is 7.13. The van der Waals surface area contributed by atoms with Gasteiger partial charge in [-0.3, -0.25) is 0 Å². The molecule has 0 aromatic heterocycles. The molecule has 140 valence electrons. The summed E-state index contributed by atoms with van der Waals surface area (Å²) >= 11 is 0. The van der Waals surface area contributed by atoms with Crippen molar-refractivity contribution in [1.82, 2.24) is 0 Å². The lowest BCUT2D eigenvalue weighted by molar-refractivity contribution is 0.307. The van der Waals surface area contributed by atoms with Crippen LogP contribution in [-0.2, 0) is 12.8 Å². The SMILES string of the molecule is CCCC1CCC(c2cc(F)c(CCc3ccc(C)cc3)c(F)c2)CC1. The first-order valence-corrected chi connectivity index (χ1v) is 10.1. The van der Waals surface area contributed by atoms with Crippen LogP contribution >= 0.6 is 0 Å². The molecule has 0 aliphatic heterocycles. The number of halogens is 2. The largest absolute Gasteiger partial charge is 0.207 e. The van der Waals surface area contributed by atoms with Gasteiger partial charge in [0.05, 0.1) is 0 Å². The Morgan fingerprint density at radius 3 is 2.08 bits per heavy atom. The lowest BCUT2D eigenvalue weighted by Crippen LogP contribution is -2.14. The standard InChI is InChI=1S/C24H30F2/c1-3-4-18-9-12-20(13-10-18)21-15-23(25)22(24(26)16-21)14-11-19-7-5-17(2)6-8-19/h5-8,15-16,18,20H,3-4,9-14H2,1-2H3. The molecule has 0 N–H and O–H groups in total. The maximum Gasteiger partial charge on any atom is 0.129 e. The number of benzene rings is 2. The first-order valence-electron chi connectivity index (χ1n) is 10.1. The first kappa shape index (κ1) is 19.1. The van der Waals surface area contributed by atoms with Crippen LogP contribution in [0.3, 0.4) is 0 Å². The summed E-state index contributed by atoms with van der Waals surface area (Å²) in [7, 11) is 0. The summed E-state index contributed by atoms with van der Waals surface area (Å²) in [4.78, 5) is 0. The Balaban J connectivity index is 1.65. The fourth-order valence-corrected chi connectivity index (χ4v) is 4.31. The van der Waals surface area contributed by atoms with Crippen LogP contribution in [0.15, 0.2) is 36.4 Å². The van der Waals surface area contributed by atoms with Gasteiger partial charge in [0.1, 0.15) is 11.6 Å². The fourth-order valence-electron chi connectivity index (χ4n) is 4.31. The zero-order valence-electron chi connectivity index (χ0n) is 16.0. The molecular formula is C24H30F2. The highest BCUT2D eigenvalue weighted by atomic mass is 19.1. The van der Waals surface area contributed by atoms with Crippen molar-refractivity contribution < 1.29 is 8.78 Å². The molecule has 0 saturated heterocycles. The second kappa shape index (κ2) is 8.79. The maximum absolute atomic E-state index is 14.6. The molecule has 2 aromatic carbocycles. The molecule has 0 nitrogen and oxygen atoms in total. The van der Waals surface area contributed by atoms with Gasteiger partial charge in [-0.15, -0.1) is 0 Å². The molecular weight excluding hydrogens is 326 g/mol. The highest BCUT2D eigenvalue weighted by molar-refractivity contribution is 5.30. The molecule has 0 heterocycles. The Labute approximate surface area is 156 Å². The van der Waals surface area contributed by atoms with Crippen molar-refractivity contribution in [2.75, 3.05) is 0 Å². The van der Waals surface area contributed by atoms with Gasteiger partial charge in [-0.25, -0.2) is 8.78 Å². The van der Waals surface area contributed by atoms with E-state index in [2.05, 4.69) is 6.92 Å². The summed E-state index contributed by atoms with van der Waals surface area (Å²) in [6.45, 7) is 4.27. The molecule has 2 aromatic rings. The molecule has 0 unspecified atom stereocenters. The van der Waals surface area contributed by atoms with E-state index in [1.165, 1.54) is 31.2 Å². The quantitative estimate of drug-likeness (QED) is 0.516. The monoisotopic (exact) mass is 356 g/mol. The van der Waals surface area contributed by atoms with E-state index in [9.17, 15) is 8.78 Å². The molecule has 2 heteroatoms. The van der Waals surface area contributed by atoms with E-state index in [4.69, 9.17) is 0 Å². The van der Waals surface area contributed by atoms with Crippen LogP contribution in [0.5, 0.6) is 0 Å². The molecule has 1 fully saturated rings. The van der Waals surface area contributed by atoms with E-state index in [1.807, 2.05) is 31.2 Å². The summed E-state index contributed by atoms with van der Waals surface area (Å²) in [6.07, 6.45) is 8.09. The van der Waals surface area contributed by atoms with Crippen LogP contribution in [0.1, 0.15) is 73.6 Å². The summed E-state index contributed by atoms with van der Waals surface area (Å²) < 4.78 is 29.2. The van der Waals surface area contributed by atoms with Gasteiger partial charge in [0, 0.05) is 5.56 Å². The van der Waals surface area contributed by atoms with Crippen molar-refractivity contribution in [3.63, 3.8) is 0 Å². The van der Waals surface area contributed by atoms with Crippen molar-refractivity contribution in [3.05, 3.63) is 70.3 Å². The van der Waals surface area contributed by atoms with Gasteiger partial charge in [-0.1, -0.05) is 49.6 Å². The van der Waals surface area contributed by atoms with E-state index >= 15 is 0 Å². The summed E-state index contributed by atoms with van der Waals surface area (Å²) in [6, 6.07) is 11.3. The predicted molar refractivity (Wildman–Crippen MR) is 105 cm³/mol. The van der Waals surface area contributed by atoms with E-state index in [0.717, 1.165) is 29.9 Å². The lowest BCUT2D eigenvalue weighted by Gasteiger charge is -2.29. The number of rotatable bonds is 6. The van der Waals surface area contributed by atoms with Crippen molar-refractivity contribution >= 4 is 0 Å². The van der Waals surface area contributed by atoms with Gasteiger partial charge in [0.25, 0.3) is 0 Å². The van der Waals surface area contributed by atoms with Crippen molar-refractivity contribution in [1.29, 1.82) is 0 Å². The van der Waals surface area contributed by atoms with Crippen molar-refractivity contribution in [3.8, 4) is 0 Å². The molecule has 26 heavy (non-hydrogen) atoms. The Morgan fingerprint density at radius 1 is 0.885 bits per heavy atom. The van der Waals surface area contributed by atoms with Crippen molar-refractivity contribution in [2.45, 2.75) is 71.1 Å². The van der Waals surface area contributed by atoms with Crippen LogP contribution in [0.25, 0.3) is 0 Å². The van der Waals surface area contributed by atoms with E-state index in [-0.39, 0.29) is 17.2 Å². The number of aryl methyl sites for hydroxylation is 2. The van der Waals surface area contributed by atoms with E-state index in [1.54, 1.807) is 12.1 Å². The zero-order chi connectivity index (χ0) is 18.5. The second-order valence-electron chi connectivity index (χ2n) is 7.96. The molecule has 1 saturated carbocycles. The van der Waals surface area contributed by atoms with Crippen LogP contribution < -0.4 is 0 Å². The minimum absolute atomic E-state index is 0.231. The topological polar surface area (TPSA) is 0 Å². The van der Waals surface area contributed by atoms with Gasteiger partial charge in [0.2, 0.25) is 0 Å². The third-order valence-electron chi connectivity index (χ3n) is 5.96. The molecule has 1 aliphatic rings. The molecule has 0 amide bonds. The third kappa shape index (κ3) is 4.72. The summed E-state index contributed by atoms with van der Waals surface area (Å²) in [5.74, 6) is 0.378. The highest BCUT2D eigenvalue weighted by Gasteiger charge is 2.23. The van der Waals surface area contributed by atoms with E-state index in [0.29, 0.717) is 18.8 Å². The Morgan fingerprint density at radius 2 is 1.50 bits per heavy atom. The summed E-state index contributed by atoms with van der Waals surface area (Å²) in [5.41, 5.74) is 3.40. The number of hydrogen-bond donors (Lipinski definition) is 0. The average molecular weight is 357 g/mol. The van der Waals surface area contributed by atoms with Crippen molar-refractivity contribution in [2.24, 2.45) is 5.92 Å². The molecule has 0 bridgehead atoms. The highest BCUT2D eigenvalue weighted by Crippen LogP contribution is 2.38. The van der Waals surface area contributed by atoms with Gasteiger partial charge >= 0.3 is 0 Å². The Kier molecular flexibility index (Phi) is 6.45. The lowest BCUT2D eigenvalue weighted by atomic mass is 9.77. The van der Waals surface area contributed by atoms with Gasteiger partial charge in [-0.05, 0) is 80.5 Å². The molecule has 0 atom stereocenters. The molecule has 0 radical (unpaired) electrons. The normalized spacial score (nSPS) is 20.3. The molecule has 3 rings (SSSR count). The second-order valence-corrected chi connectivity index (χ2v) is 7.96. The van der Waals surface area contributed by atoms with Crippen LogP contribution in [0.2, 0.25) is 0 Å². The fraction of sp³-hybridized carbons (Fsp3) is 0.500. The molecule has 1 aliphatic carbocycles. The zero-order valence-corrected chi connectivity index (χ0v) is 16.0. The number of hydrogen-bond acceptors (Lipinski definition) is 0. The Bertz CT molecular complexity index is 686. The van der Waals surface area contributed by atoms with Crippen LogP contribution in [-0.4, -0.2) is 0 Å². The van der Waals surface area contributed by atoms with E-state index < -0.39 is 0 Å². The van der Waals surface area contributed by atoms with Crippen LogP contribution in [0.4, 0.5) is 8.78 Å². The first-order chi connectivity index (χ1) is 12.6. The summed E-state index contributed by atoms with van der Waals surface area (Å²) in [5, 5.41) is 0. The van der Waals surface area contributed by atoms with Gasteiger partial charge < -0.3 is 0 Å². The van der Waals surface area contributed by atoms with Crippen LogP contribution in [0, 0.1) is 24.5 Å². The molecule has 0 spiro atoms. The van der Waals surface area contributed by atoms with Gasteiger partial charge in [0.15, 0.2) is 0 Å². The average Bonchev–Trinajstić information content (AvgIpc) is 2.63.